The quantitative estimate of drug-likeness (QED) is 0.385. The summed E-state index contributed by atoms with van der Waals surface area (Å²) in [7, 11) is 0. The van der Waals surface area contributed by atoms with Crippen LogP contribution in [0.3, 0.4) is 0 Å². The SMILES string of the molecule is N#CC12CCC(NC(=O)c3c(Cl)c(-c4ccccc4)nc4ccc(I)cc34)(CC1)CC2. The summed E-state index contributed by atoms with van der Waals surface area (Å²) >= 11 is 9.11. The number of pyridine rings is 1. The molecule has 1 aromatic heterocycles. The minimum atomic E-state index is -0.247. The van der Waals surface area contributed by atoms with Crippen LogP contribution < -0.4 is 5.32 Å². The Morgan fingerprint density at radius 3 is 2.39 bits per heavy atom. The summed E-state index contributed by atoms with van der Waals surface area (Å²) < 4.78 is 1.02. The lowest BCUT2D eigenvalue weighted by Crippen LogP contribution is -2.56. The first kappa shape index (κ1) is 20.7. The second-order valence-corrected chi connectivity index (χ2v) is 10.4. The highest BCUT2D eigenvalue weighted by atomic mass is 127. The van der Waals surface area contributed by atoms with Crippen LogP contribution >= 0.6 is 34.2 Å². The van der Waals surface area contributed by atoms with E-state index in [0.717, 1.165) is 58.6 Å². The number of hydrogen-bond donors (Lipinski definition) is 1. The predicted octanol–water partition coefficient (Wildman–Crippen LogP) is 6.51. The lowest BCUT2D eigenvalue weighted by atomic mass is 9.58. The monoisotopic (exact) mass is 541 g/mol. The van der Waals surface area contributed by atoms with Gasteiger partial charge in [-0.05, 0) is 79.3 Å². The summed E-state index contributed by atoms with van der Waals surface area (Å²) in [6.07, 6.45) is 5.08. The molecule has 3 aliphatic carbocycles. The number of aromatic nitrogens is 1. The number of benzene rings is 2. The highest BCUT2D eigenvalue weighted by Gasteiger charge is 2.49. The van der Waals surface area contributed by atoms with Gasteiger partial charge in [0.05, 0.1) is 33.3 Å². The number of nitriles is 1. The molecule has 2 bridgehead atoms. The van der Waals surface area contributed by atoms with Crippen LogP contribution in [0.5, 0.6) is 0 Å². The van der Waals surface area contributed by atoms with Crippen molar-refractivity contribution in [1.82, 2.24) is 10.3 Å². The van der Waals surface area contributed by atoms with E-state index in [1.807, 2.05) is 48.5 Å². The Bertz CT molecular complexity index is 1210. The fourth-order valence-corrected chi connectivity index (χ4v) is 5.90. The molecule has 1 heterocycles. The normalized spacial score (nSPS) is 24.7. The number of fused-ring (bicyclic) bond motifs is 4. The van der Waals surface area contributed by atoms with Gasteiger partial charge in [0, 0.05) is 20.1 Å². The Balaban J connectivity index is 1.59. The van der Waals surface area contributed by atoms with E-state index in [9.17, 15) is 10.1 Å². The minimum absolute atomic E-state index is 0.150. The zero-order valence-corrected chi connectivity index (χ0v) is 19.8. The Kier molecular flexibility index (Phi) is 5.18. The van der Waals surface area contributed by atoms with Crippen molar-refractivity contribution in [2.45, 2.75) is 44.1 Å². The first-order chi connectivity index (χ1) is 14.9. The summed E-state index contributed by atoms with van der Waals surface area (Å²) in [4.78, 5) is 18.5. The predicted molar refractivity (Wildman–Crippen MR) is 131 cm³/mol. The van der Waals surface area contributed by atoms with E-state index >= 15 is 0 Å². The maximum atomic E-state index is 13.7. The third kappa shape index (κ3) is 3.60. The van der Waals surface area contributed by atoms with E-state index in [2.05, 4.69) is 34.0 Å². The molecule has 0 radical (unpaired) electrons. The summed E-state index contributed by atoms with van der Waals surface area (Å²) in [5.74, 6) is -0.150. The fourth-order valence-electron chi connectivity index (χ4n) is 5.07. The average molecular weight is 542 g/mol. The van der Waals surface area contributed by atoms with Gasteiger partial charge in [0.1, 0.15) is 0 Å². The Morgan fingerprint density at radius 2 is 1.74 bits per heavy atom. The second kappa shape index (κ2) is 7.75. The molecular weight excluding hydrogens is 521 g/mol. The van der Waals surface area contributed by atoms with Crippen LogP contribution in [0.2, 0.25) is 5.02 Å². The molecule has 3 aliphatic rings. The molecule has 0 saturated heterocycles. The second-order valence-electron chi connectivity index (χ2n) is 8.80. The van der Waals surface area contributed by atoms with Crippen molar-refractivity contribution in [3.05, 3.63) is 62.7 Å². The van der Waals surface area contributed by atoms with E-state index in [1.165, 1.54) is 0 Å². The van der Waals surface area contributed by atoms with Crippen LogP contribution in [0.4, 0.5) is 0 Å². The van der Waals surface area contributed by atoms with Gasteiger partial charge in [-0.25, -0.2) is 4.98 Å². The fraction of sp³-hybridized carbons (Fsp3) is 0.320. The molecule has 3 saturated carbocycles. The van der Waals surface area contributed by atoms with Gasteiger partial charge >= 0.3 is 0 Å². The Labute approximate surface area is 200 Å². The van der Waals surface area contributed by atoms with Crippen molar-refractivity contribution in [1.29, 1.82) is 5.26 Å². The molecule has 2 aromatic carbocycles. The van der Waals surface area contributed by atoms with Gasteiger partial charge in [-0.2, -0.15) is 5.26 Å². The van der Waals surface area contributed by atoms with Crippen LogP contribution in [0, 0.1) is 20.3 Å². The number of carbonyl (C=O) groups excluding carboxylic acids is 1. The molecule has 6 rings (SSSR count). The minimum Gasteiger partial charge on any atom is -0.347 e. The van der Waals surface area contributed by atoms with Crippen LogP contribution in [0.1, 0.15) is 48.9 Å². The van der Waals surface area contributed by atoms with Gasteiger partial charge in [0.15, 0.2) is 0 Å². The molecule has 3 fully saturated rings. The molecular formula is C25H21ClIN3O. The first-order valence-electron chi connectivity index (χ1n) is 10.5. The molecule has 156 valence electrons. The molecule has 6 heteroatoms. The summed E-state index contributed by atoms with van der Waals surface area (Å²) in [6.45, 7) is 0. The van der Waals surface area contributed by atoms with Gasteiger partial charge < -0.3 is 5.32 Å². The highest BCUT2D eigenvalue weighted by molar-refractivity contribution is 14.1. The van der Waals surface area contributed by atoms with Gasteiger partial charge in [-0.3, -0.25) is 4.79 Å². The average Bonchev–Trinajstić information content (AvgIpc) is 2.80. The largest absolute Gasteiger partial charge is 0.347 e. The number of nitrogens with zero attached hydrogens (tertiary/aromatic N) is 2. The molecule has 4 nitrogen and oxygen atoms in total. The molecule has 1 amide bonds. The van der Waals surface area contributed by atoms with E-state index in [1.54, 1.807) is 0 Å². The van der Waals surface area contributed by atoms with Crippen molar-refractivity contribution < 1.29 is 4.79 Å². The number of halogens is 2. The van der Waals surface area contributed by atoms with Gasteiger partial charge in [-0.1, -0.05) is 41.9 Å². The molecule has 0 atom stereocenters. The Morgan fingerprint density at radius 1 is 1.06 bits per heavy atom. The van der Waals surface area contributed by atoms with E-state index in [-0.39, 0.29) is 16.9 Å². The molecule has 3 aromatic rings. The smallest absolute Gasteiger partial charge is 0.253 e. The van der Waals surface area contributed by atoms with E-state index in [4.69, 9.17) is 16.6 Å². The maximum Gasteiger partial charge on any atom is 0.253 e. The number of rotatable bonds is 3. The summed E-state index contributed by atoms with van der Waals surface area (Å²) in [5.41, 5.74) is 2.31. The van der Waals surface area contributed by atoms with Crippen LogP contribution in [0.15, 0.2) is 48.5 Å². The standard InChI is InChI=1S/C25H21ClIN3O/c26-21-20(23(31)30-25-11-8-24(15-28,9-12-25)10-13-25)18-14-17(27)6-7-19(18)29-22(21)16-4-2-1-3-5-16/h1-7,14H,8-13H2,(H,30,31). The van der Waals surface area contributed by atoms with Gasteiger partial charge in [0.25, 0.3) is 5.91 Å². The molecule has 1 N–H and O–H groups in total. The number of hydrogen-bond acceptors (Lipinski definition) is 3. The van der Waals surface area contributed by atoms with E-state index < -0.39 is 0 Å². The third-order valence-electron chi connectivity index (χ3n) is 7.02. The summed E-state index contributed by atoms with van der Waals surface area (Å²) in [6, 6.07) is 18.2. The molecule has 0 aliphatic heterocycles. The van der Waals surface area contributed by atoms with Crippen LogP contribution in [-0.4, -0.2) is 16.4 Å². The summed E-state index contributed by atoms with van der Waals surface area (Å²) in [5, 5.41) is 14.1. The molecule has 31 heavy (non-hydrogen) atoms. The van der Waals surface area contributed by atoms with Crippen molar-refractivity contribution in [3.8, 4) is 17.3 Å². The maximum absolute atomic E-state index is 13.7. The first-order valence-corrected chi connectivity index (χ1v) is 12.0. The van der Waals surface area contributed by atoms with Crippen LogP contribution in [-0.2, 0) is 0 Å². The number of carbonyl (C=O) groups is 1. The van der Waals surface area contributed by atoms with Gasteiger partial charge in [0.2, 0.25) is 0 Å². The van der Waals surface area contributed by atoms with Crippen molar-refractivity contribution in [2.75, 3.05) is 0 Å². The van der Waals surface area contributed by atoms with E-state index in [0.29, 0.717) is 16.3 Å². The number of amides is 1. The number of nitrogens with one attached hydrogen (secondary N) is 1. The van der Waals surface area contributed by atoms with Crippen molar-refractivity contribution >= 4 is 51.0 Å². The van der Waals surface area contributed by atoms with Crippen molar-refractivity contribution in [2.24, 2.45) is 5.41 Å². The molecule has 0 unspecified atom stereocenters. The zero-order chi connectivity index (χ0) is 21.6. The Hall–Kier alpha value is -2.17. The highest BCUT2D eigenvalue weighted by Crippen LogP contribution is 2.52. The lowest BCUT2D eigenvalue weighted by molar-refractivity contribution is 0.0522. The lowest BCUT2D eigenvalue weighted by Gasteiger charge is -2.50. The van der Waals surface area contributed by atoms with Crippen LogP contribution in [0.25, 0.3) is 22.2 Å². The topological polar surface area (TPSA) is 65.8 Å². The van der Waals surface area contributed by atoms with Gasteiger partial charge in [-0.15, -0.1) is 0 Å². The third-order valence-corrected chi connectivity index (χ3v) is 8.06. The zero-order valence-electron chi connectivity index (χ0n) is 16.9. The van der Waals surface area contributed by atoms with Crippen molar-refractivity contribution in [3.63, 3.8) is 0 Å². The molecule has 0 spiro atoms.